The minimum absolute atomic E-state index is 0.00725. The largest absolute Gasteiger partial charge is 0.346 e. The maximum Gasteiger partial charge on any atom is 0.346 e. The number of carbonyl (C=O) groups excluding carboxylic acids is 1. The molecule has 2 unspecified atom stereocenters. The van der Waals surface area contributed by atoms with Crippen molar-refractivity contribution in [2.45, 2.75) is 38.8 Å². The first-order chi connectivity index (χ1) is 9.04. The Balaban J connectivity index is 1.79. The number of rotatable bonds is 1. The molecule has 2 saturated heterocycles. The summed E-state index contributed by atoms with van der Waals surface area (Å²) < 4.78 is 1.34. The van der Waals surface area contributed by atoms with Gasteiger partial charge in [-0.2, -0.15) is 9.78 Å². The third-order valence-electron chi connectivity index (χ3n) is 4.80. The van der Waals surface area contributed by atoms with Crippen LogP contribution in [0.3, 0.4) is 0 Å². The third-order valence-corrected chi connectivity index (χ3v) is 4.80. The van der Waals surface area contributed by atoms with E-state index in [2.05, 4.69) is 35.8 Å². The number of carbonyl (C=O) groups is 1. The van der Waals surface area contributed by atoms with Gasteiger partial charge in [-0.15, -0.1) is 0 Å². The standard InChI is InChI=1S/C13H21N5O/c1-10(2)16-5-4-13(7-16)11(3)6-17(13)12(19)18-9-14-8-15-18/h8-11H,4-7H2,1-3H3. The van der Waals surface area contributed by atoms with E-state index in [1.807, 2.05) is 4.90 Å². The van der Waals surface area contributed by atoms with Crippen molar-refractivity contribution < 1.29 is 4.79 Å². The number of hydrogen-bond donors (Lipinski definition) is 0. The van der Waals surface area contributed by atoms with Crippen LogP contribution in [-0.2, 0) is 0 Å². The Bertz CT molecular complexity index is 471. The molecule has 3 heterocycles. The van der Waals surface area contributed by atoms with E-state index in [-0.39, 0.29) is 11.6 Å². The highest BCUT2D eigenvalue weighted by Gasteiger charge is 2.57. The molecule has 19 heavy (non-hydrogen) atoms. The lowest BCUT2D eigenvalue weighted by atomic mass is 9.74. The van der Waals surface area contributed by atoms with Gasteiger partial charge in [0.25, 0.3) is 0 Å². The van der Waals surface area contributed by atoms with Crippen LogP contribution in [0.25, 0.3) is 0 Å². The summed E-state index contributed by atoms with van der Waals surface area (Å²) >= 11 is 0. The molecule has 0 aliphatic carbocycles. The highest BCUT2D eigenvalue weighted by Crippen LogP contribution is 2.44. The number of amides is 1. The summed E-state index contributed by atoms with van der Waals surface area (Å²) in [5.41, 5.74) is 0.00725. The van der Waals surface area contributed by atoms with Gasteiger partial charge in [0.05, 0.1) is 5.54 Å². The molecule has 0 N–H and O–H groups in total. The second-order valence-electron chi connectivity index (χ2n) is 6.05. The molecule has 2 atom stereocenters. The summed E-state index contributed by atoms with van der Waals surface area (Å²) in [6, 6.07) is 0.497. The van der Waals surface area contributed by atoms with Crippen molar-refractivity contribution in [2.75, 3.05) is 19.6 Å². The molecule has 6 heteroatoms. The zero-order valence-corrected chi connectivity index (χ0v) is 11.8. The van der Waals surface area contributed by atoms with Gasteiger partial charge in [-0.25, -0.2) is 9.78 Å². The molecule has 1 aromatic rings. The highest BCUT2D eigenvalue weighted by atomic mass is 16.2. The van der Waals surface area contributed by atoms with Gasteiger partial charge < -0.3 is 4.90 Å². The summed E-state index contributed by atoms with van der Waals surface area (Å²) in [6.07, 6.45) is 3.95. The first-order valence-corrected chi connectivity index (χ1v) is 6.95. The van der Waals surface area contributed by atoms with Crippen LogP contribution in [0, 0.1) is 5.92 Å². The summed E-state index contributed by atoms with van der Waals surface area (Å²) in [5, 5.41) is 3.95. The van der Waals surface area contributed by atoms with Crippen LogP contribution in [-0.4, -0.2) is 61.8 Å². The predicted octanol–water partition coefficient (Wildman–Crippen LogP) is 1.05. The number of hydrogen-bond acceptors (Lipinski definition) is 4. The van der Waals surface area contributed by atoms with Crippen molar-refractivity contribution in [1.82, 2.24) is 24.6 Å². The minimum atomic E-state index is -0.0405. The molecular formula is C13H21N5O. The number of likely N-dealkylation sites (tertiary alicyclic amines) is 2. The molecule has 0 saturated carbocycles. The van der Waals surface area contributed by atoms with E-state index in [4.69, 9.17) is 0 Å². The zero-order valence-electron chi connectivity index (χ0n) is 11.8. The fourth-order valence-electron chi connectivity index (χ4n) is 3.39. The van der Waals surface area contributed by atoms with Gasteiger partial charge in [0.1, 0.15) is 12.7 Å². The Hall–Kier alpha value is -1.43. The van der Waals surface area contributed by atoms with E-state index < -0.39 is 0 Å². The van der Waals surface area contributed by atoms with Crippen molar-refractivity contribution in [3.8, 4) is 0 Å². The van der Waals surface area contributed by atoms with Crippen molar-refractivity contribution in [3.05, 3.63) is 12.7 Å². The van der Waals surface area contributed by atoms with E-state index in [1.165, 1.54) is 17.3 Å². The second-order valence-corrected chi connectivity index (χ2v) is 6.05. The Kier molecular flexibility index (Phi) is 2.85. The van der Waals surface area contributed by atoms with E-state index in [0.29, 0.717) is 12.0 Å². The van der Waals surface area contributed by atoms with E-state index >= 15 is 0 Å². The Morgan fingerprint density at radius 1 is 1.47 bits per heavy atom. The Labute approximate surface area is 113 Å². The van der Waals surface area contributed by atoms with Crippen LogP contribution < -0.4 is 0 Å². The number of nitrogens with zero attached hydrogens (tertiary/aromatic N) is 5. The molecule has 3 rings (SSSR count). The van der Waals surface area contributed by atoms with Gasteiger partial charge in [-0.1, -0.05) is 6.92 Å². The van der Waals surface area contributed by atoms with Gasteiger partial charge in [-0.05, 0) is 26.2 Å². The zero-order chi connectivity index (χ0) is 13.6. The Morgan fingerprint density at radius 2 is 2.26 bits per heavy atom. The monoisotopic (exact) mass is 263 g/mol. The molecule has 2 aliphatic heterocycles. The van der Waals surface area contributed by atoms with E-state index in [9.17, 15) is 4.79 Å². The molecule has 0 radical (unpaired) electrons. The minimum Gasteiger partial charge on any atom is -0.315 e. The van der Waals surface area contributed by atoms with Gasteiger partial charge >= 0.3 is 6.03 Å². The van der Waals surface area contributed by atoms with Gasteiger partial charge in [0, 0.05) is 25.7 Å². The lowest BCUT2D eigenvalue weighted by Gasteiger charge is -2.55. The third kappa shape index (κ3) is 1.77. The lowest BCUT2D eigenvalue weighted by Crippen LogP contribution is -2.70. The van der Waals surface area contributed by atoms with Crippen LogP contribution in [0.5, 0.6) is 0 Å². The average molecular weight is 263 g/mol. The molecule has 2 aliphatic rings. The molecular weight excluding hydrogens is 242 g/mol. The summed E-state index contributed by atoms with van der Waals surface area (Å²) in [4.78, 5) is 20.7. The molecule has 1 amide bonds. The Morgan fingerprint density at radius 3 is 2.79 bits per heavy atom. The number of aromatic nitrogens is 3. The van der Waals surface area contributed by atoms with Crippen LogP contribution in [0.4, 0.5) is 4.79 Å². The molecule has 2 fully saturated rings. The summed E-state index contributed by atoms with van der Waals surface area (Å²) in [7, 11) is 0. The molecule has 1 spiro atoms. The maximum atomic E-state index is 12.4. The van der Waals surface area contributed by atoms with Crippen molar-refractivity contribution >= 4 is 6.03 Å². The highest BCUT2D eigenvalue weighted by molar-refractivity contribution is 5.77. The molecule has 0 bridgehead atoms. The molecule has 104 valence electrons. The van der Waals surface area contributed by atoms with Crippen molar-refractivity contribution in [3.63, 3.8) is 0 Å². The average Bonchev–Trinajstić information content (AvgIpc) is 3.04. The first-order valence-electron chi connectivity index (χ1n) is 6.95. The quantitative estimate of drug-likeness (QED) is 0.760. The molecule has 0 aromatic carbocycles. The second kappa shape index (κ2) is 4.30. The summed E-state index contributed by atoms with van der Waals surface area (Å²) in [5.74, 6) is 0.559. The smallest absolute Gasteiger partial charge is 0.315 e. The predicted molar refractivity (Wildman–Crippen MR) is 70.7 cm³/mol. The SMILES string of the molecule is CC(C)N1CCC2(C1)C(C)CN2C(=O)n1cncn1. The van der Waals surface area contributed by atoms with Crippen LogP contribution in [0.15, 0.2) is 12.7 Å². The van der Waals surface area contributed by atoms with Gasteiger partial charge in [-0.3, -0.25) is 4.90 Å². The van der Waals surface area contributed by atoms with Gasteiger partial charge in [0.15, 0.2) is 0 Å². The van der Waals surface area contributed by atoms with Gasteiger partial charge in [0.2, 0.25) is 0 Å². The first kappa shape index (κ1) is 12.6. The van der Waals surface area contributed by atoms with E-state index in [1.54, 1.807) is 0 Å². The van der Waals surface area contributed by atoms with Crippen LogP contribution in [0.2, 0.25) is 0 Å². The van der Waals surface area contributed by atoms with E-state index in [0.717, 1.165) is 26.1 Å². The molecule has 1 aromatic heterocycles. The summed E-state index contributed by atoms with van der Waals surface area (Å²) in [6.45, 7) is 9.55. The fourth-order valence-corrected chi connectivity index (χ4v) is 3.39. The van der Waals surface area contributed by atoms with Crippen LogP contribution in [0.1, 0.15) is 27.2 Å². The lowest BCUT2D eigenvalue weighted by molar-refractivity contribution is -0.0303. The van der Waals surface area contributed by atoms with Crippen LogP contribution >= 0.6 is 0 Å². The van der Waals surface area contributed by atoms with Crippen molar-refractivity contribution in [1.29, 1.82) is 0 Å². The fraction of sp³-hybridized carbons (Fsp3) is 0.769. The molecule has 6 nitrogen and oxygen atoms in total. The topological polar surface area (TPSA) is 54.3 Å². The maximum absolute atomic E-state index is 12.4. The van der Waals surface area contributed by atoms with Crippen molar-refractivity contribution in [2.24, 2.45) is 5.92 Å². The normalized spacial score (nSPS) is 31.2.